The molecule has 28 heavy (non-hydrogen) atoms. The minimum absolute atomic E-state index is 0.0187. The molecule has 1 atom stereocenters. The van der Waals surface area contributed by atoms with Gasteiger partial charge in [-0.3, -0.25) is 14.6 Å². The molecule has 1 N–H and O–H groups in total. The van der Waals surface area contributed by atoms with E-state index in [1.54, 1.807) is 11.8 Å². The number of aromatic nitrogens is 4. The molecule has 0 unspecified atom stereocenters. The van der Waals surface area contributed by atoms with Crippen LogP contribution in [0.4, 0.5) is 5.95 Å². The average Bonchev–Trinajstić information content (AvgIpc) is 3.11. The number of nitrogens with one attached hydrogen (secondary N) is 1. The van der Waals surface area contributed by atoms with Crippen molar-refractivity contribution < 1.29 is 9.32 Å². The van der Waals surface area contributed by atoms with Gasteiger partial charge in [0.25, 0.3) is 5.56 Å². The van der Waals surface area contributed by atoms with E-state index in [-0.39, 0.29) is 17.9 Å². The molecule has 1 fully saturated rings. The summed E-state index contributed by atoms with van der Waals surface area (Å²) in [5, 5.41) is 3.73. The zero-order valence-electron chi connectivity index (χ0n) is 16.4. The quantitative estimate of drug-likeness (QED) is 0.841. The Balaban J connectivity index is 1.43. The molecule has 0 aromatic carbocycles. The number of fused-ring (bicyclic) bond motifs is 1. The number of aryl methyl sites for hydroxylation is 2. The normalized spacial score (nSPS) is 19.6. The van der Waals surface area contributed by atoms with Crippen LogP contribution in [0.15, 0.2) is 9.32 Å². The van der Waals surface area contributed by atoms with E-state index >= 15 is 0 Å². The molecule has 2 aliphatic heterocycles. The van der Waals surface area contributed by atoms with Gasteiger partial charge < -0.3 is 14.3 Å². The fraction of sp³-hybridized carbons (Fsp3) is 0.632. The molecule has 4 heterocycles. The number of hydrogen-bond donors (Lipinski definition) is 1. The summed E-state index contributed by atoms with van der Waals surface area (Å²) in [5.74, 6) is 2.27. The van der Waals surface area contributed by atoms with Gasteiger partial charge in [0.1, 0.15) is 0 Å². The topological polar surface area (TPSA) is 108 Å². The molecule has 2 aromatic heterocycles. The zero-order chi connectivity index (χ0) is 19.7. The van der Waals surface area contributed by atoms with Crippen molar-refractivity contribution in [3.8, 4) is 0 Å². The number of H-pyrrole nitrogens is 1. The Morgan fingerprint density at radius 1 is 1.32 bits per heavy atom. The molecule has 2 aromatic rings. The van der Waals surface area contributed by atoms with Crippen molar-refractivity contribution in [2.75, 3.05) is 24.5 Å². The number of anilines is 1. The fourth-order valence-electron chi connectivity index (χ4n) is 3.97. The van der Waals surface area contributed by atoms with Crippen molar-refractivity contribution in [3.05, 3.63) is 33.3 Å². The first-order valence-electron chi connectivity index (χ1n) is 9.93. The number of carbonyl (C=O) groups is 1. The monoisotopic (exact) mass is 386 g/mol. The van der Waals surface area contributed by atoms with Crippen LogP contribution in [0.3, 0.4) is 0 Å². The lowest BCUT2D eigenvalue weighted by molar-refractivity contribution is -0.132. The third-order valence-electron chi connectivity index (χ3n) is 5.49. The molecular weight excluding hydrogens is 360 g/mol. The first-order chi connectivity index (χ1) is 13.5. The Bertz CT molecular complexity index is 921. The first-order valence-corrected chi connectivity index (χ1v) is 9.93. The Kier molecular flexibility index (Phi) is 5.15. The van der Waals surface area contributed by atoms with Crippen LogP contribution < -0.4 is 10.5 Å². The summed E-state index contributed by atoms with van der Waals surface area (Å²) in [7, 11) is 0. The van der Waals surface area contributed by atoms with Crippen LogP contribution in [0, 0.1) is 12.8 Å². The highest BCUT2D eigenvalue weighted by Gasteiger charge is 2.26. The van der Waals surface area contributed by atoms with Crippen LogP contribution in [0.5, 0.6) is 0 Å². The summed E-state index contributed by atoms with van der Waals surface area (Å²) in [6.45, 7) is 6.68. The van der Waals surface area contributed by atoms with Gasteiger partial charge in [-0.1, -0.05) is 12.1 Å². The summed E-state index contributed by atoms with van der Waals surface area (Å²) >= 11 is 0. The first kappa shape index (κ1) is 18.6. The molecule has 0 radical (unpaired) electrons. The summed E-state index contributed by atoms with van der Waals surface area (Å²) in [6, 6.07) is 0. The summed E-state index contributed by atoms with van der Waals surface area (Å²) in [6.07, 6.45) is 3.62. The van der Waals surface area contributed by atoms with Gasteiger partial charge in [-0.2, -0.15) is 4.98 Å². The highest BCUT2D eigenvalue weighted by Crippen LogP contribution is 2.22. The van der Waals surface area contributed by atoms with Gasteiger partial charge >= 0.3 is 0 Å². The maximum atomic E-state index is 12.7. The fourth-order valence-corrected chi connectivity index (χ4v) is 3.97. The highest BCUT2D eigenvalue weighted by atomic mass is 16.5. The highest BCUT2D eigenvalue weighted by molar-refractivity contribution is 5.76. The number of nitrogens with zero attached hydrogens (tertiary/aromatic N) is 5. The minimum atomic E-state index is -0.136. The summed E-state index contributed by atoms with van der Waals surface area (Å²) < 4.78 is 5.05. The Morgan fingerprint density at radius 3 is 2.93 bits per heavy atom. The van der Waals surface area contributed by atoms with Crippen molar-refractivity contribution in [2.45, 2.75) is 52.5 Å². The van der Waals surface area contributed by atoms with Gasteiger partial charge in [0, 0.05) is 38.9 Å². The number of piperidine rings is 1. The molecule has 0 spiro atoms. The Morgan fingerprint density at radius 2 is 2.18 bits per heavy atom. The number of aromatic amines is 1. The van der Waals surface area contributed by atoms with E-state index in [9.17, 15) is 9.59 Å². The van der Waals surface area contributed by atoms with Gasteiger partial charge in [-0.25, -0.2) is 4.98 Å². The molecule has 4 rings (SSSR count). The van der Waals surface area contributed by atoms with Crippen molar-refractivity contribution in [2.24, 2.45) is 5.92 Å². The molecule has 2 aliphatic rings. The predicted molar refractivity (Wildman–Crippen MR) is 102 cm³/mol. The second kappa shape index (κ2) is 7.73. The molecular formula is C19H26N6O3. The smallest absolute Gasteiger partial charge is 0.257 e. The maximum absolute atomic E-state index is 12.7. The van der Waals surface area contributed by atoms with E-state index in [0.717, 1.165) is 25.2 Å². The molecule has 1 saturated heterocycles. The third-order valence-corrected chi connectivity index (χ3v) is 5.49. The van der Waals surface area contributed by atoms with Gasteiger partial charge in [0.2, 0.25) is 17.7 Å². The second-order valence-corrected chi connectivity index (χ2v) is 7.81. The lowest BCUT2D eigenvalue weighted by Crippen LogP contribution is -2.41. The average molecular weight is 386 g/mol. The number of carbonyl (C=O) groups excluding carboxylic acids is 1. The molecule has 150 valence electrons. The SMILES string of the molecule is Cc1noc(CCC(=O)N2CCc3nc(N4CCC[C@@H](C)C4)[nH]c(=O)c3C2)n1. The molecule has 0 aliphatic carbocycles. The third kappa shape index (κ3) is 3.93. The van der Waals surface area contributed by atoms with Gasteiger partial charge in [-0.05, 0) is 25.7 Å². The van der Waals surface area contributed by atoms with Crippen LogP contribution in [0.25, 0.3) is 0 Å². The van der Waals surface area contributed by atoms with Crippen molar-refractivity contribution in [1.29, 1.82) is 0 Å². The molecule has 1 amide bonds. The van der Waals surface area contributed by atoms with E-state index in [2.05, 4.69) is 26.9 Å². The summed E-state index contributed by atoms with van der Waals surface area (Å²) in [4.78, 5) is 40.9. The predicted octanol–water partition coefficient (Wildman–Crippen LogP) is 1.22. The Labute approximate surface area is 163 Å². The second-order valence-electron chi connectivity index (χ2n) is 7.81. The van der Waals surface area contributed by atoms with Crippen LogP contribution >= 0.6 is 0 Å². The van der Waals surface area contributed by atoms with Crippen LogP contribution in [0.2, 0.25) is 0 Å². The number of hydrogen-bond acceptors (Lipinski definition) is 7. The Hall–Kier alpha value is -2.71. The molecule has 9 nitrogen and oxygen atoms in total. The van der Waals surface area contributed by atoms with Gasteiger partial charge in [-0.15, -0.1) is 0 Å². The van der Waals surface area contributed by atoms with E-state index in [4.69, 9.17) is 9.51 Å². The largest absolute Gasteiger partial charge is 0.342 e. The minimum Gasteiger partial charge on any atom is -0.342 e. The van der Waals surface area contributed by atoms with Gasteiger partial charge in [0.05, 0.1) is 17.8 Å². The maximum Gasteiger partial charge on any atom is 0.257 e. The van der Waals surface area contributed by atoms with Crippen molar-refractivity contribution in [3.63, 3.8) is 0 Å². The molecule has 0 saturated carbocycles. The standard InChI is InChI=1S/C19H26N6O3/c1-12-4-3-8-25(10-12)19-21-15-7-9-24(11-14(15)18(27)22-19)17(26)6-5-16-20-13(2)23-28-16/h12H,3-11H2,1-2H3,(H,21,22,27)/t12-/m1/s1. The van der Waals surface area contributed by atoms with Crippen LogP contribution in [-0.4, -0.2) is 50.5 Å². The zero-order valence-corrected chi connectivity index (χ0v) is 16.4. The van der Waals surface area contributed by atoms with Crippen molar-refractivity contribution >= 4 is 11.9 Å². The van der Waals surface area contributed by atoms with Gasteiger partial charge in [0.15, 0.2) is 5.82 Å². The summed E-state index contributed by atoms with van der Waals surface area (Å²) in [5.41, 5.74) is 1.28. The van der Waals surface area contributed by atoms with Crippen LogP contribution in [0.1, 0.15) is 49.2 Å². The van der Waals surface area contributed by atoms with E-state index in [1.807, 2.05) is 0 Å². The molecule has 9 heteroatoms. The van der Waals surface area contributed by atoms with E-state index < -0.39 is 0 Å². The van der Waals surface area contributed by atoms with E-state index in [1.165, 1.54) is 6.42 Å². The lowest BCUT2D eigenvalue weighted by Gasteiger charge is -2.33. The molecule has 0 bridgehead atoms. The van der Waals surface area contributed by atoms with E-state index in [0.29, 0.717) is 55.1 Å². The number of rotatable bonds is 4. The van der Waals surface area contributed by atoms with Crippen molar-refractivity contribution in [1.82, 2.24) is 25.0 Å². The lowest BCUT2D eigenvalue weighted by atomic mass is 10.0. The number of amides is 1. The van der Waals surface area contributed by atoms with Crippen LogP contribution in [-0.2, 0) is 24.2 Å².